The van der Waals surface area contributed by atoms with Crippen LogP contribution in [-0.2, 0) is 20.7 Å². The molecule has 1 aromatic carbocycles. The lowest BCUT2D eigenvalue weighted by molar-refractivity contribution is 0.305. The molecule has 0 amide bonds. The Labute approximate surface area is 108 Å². The number of hydrogen-bond acceptors (Lipinski definition) is 4. The first-order valence-corrected chi connectivity index (χ1v) is 8.03. The Morgan fingerprint density at radius 3 is 2.94 bits per heavy atom. The predicted octanol–water partition coefficient (Wildman–Crippen LogP) is 1.63. The van der Waals surface area contributed by atoms with E-state index in [1.165, 1.54) is 17.5 Å². The van der Waals surface area contributed by atoms with Crippen LogP contribution in [0.1, 0.15) is 30.0 Å². The van der Waals surface area contributed by atoms with Crippen LogP contribution in [0.25, 0.3) is 0 Å². The molecule has 0 radical (unpaired) electrons. The zero-order valence-corrected chi connectivity index (χ0v) is 11.4. The summed E-state index contributed by atoms with van der Waals surface area (Å²) in [6, 6.07) is 8.73. The predicted molar refractivity (Wildman–Crippen MR) is 70.9 cm³/mol. The van der Waals surface area contributed by atoms with Crippen LogP contribution in [0.15, 0.2) is 24.3 Å². The summed E-state index contributed by atoms with van der Waals surface area (Å²) in [5.74, 6) is 0. The molecular formula is C13H19NO3S. The first-order valence-electron chi connectivity index (χ1n) is 6.22. The number of nitrogens with one attached hydrogen (secondary N) is 1. The van der Waals surface area contributed by atoms with Crippen LogP contribution in [0.4, 0.5) is 0 Å². The van der Waals surface area contributed by atoms with Gasteiger partial charge in [-0.05, 0) is 30.4 Å². The molecule has 100 valence electrons. The largest absolute Gasteiger partial charge is 0.308 e. The zero-order chi connectivity index (χ0) is 13.0. The summed E-state index contributed by atoms with van der Waals surface area (Å²) >= 11 is 0. The van der Waals surface area contributed by atoms with Crippen LogP contribution >= 0.6 is 0 Å². The lowest BCUT2D eigenvalue weighted by Crippen LogP contribution is -2.28. The molecule has 1 aliphatic rings. The van der Waals surface area contributed by atoms with Gasteiger partial charge >= 0.3 is 0 Å². The summed E-state index contributed by atoms with van der Waals surface area (Å²) in [7, 11) is -3.33. The van der Waals surface area contributed by atoms with E-state index in [2.05, 4.69) is 23.5 Å². The molecule has 0 fully saturated rings. The summed E-state index contributed by atoms with van der Waals surface area (Å²) in [5.41, 5.74) is 2.73. The van der Waals surface area contributed by atoms with Crippen molar-refractivity contribution < 1.29 is 12.6 Å². The van der Waals surface area contributed by atoms with E-state index in [9.17, 15) is 8.42 Å². The zero-order valence-electron chi connectivity index (χ0n) is 10.6. The van der Waals surface area contributed by atoms with Crippen molar-refractivity contribution in [1.82, 2.24) is 5.32 Å². The monoisotopic (exact) mass is 269 g/mol. The van der Waals surface area contributed by atoms with E-state index in [0.717, 1.165) is 19.1 Å². The minimum Gasteiger partial charge on any atom is -0.308 e. The smallest absolute Gasteiger partial charge is 0.264 e. The maximum atomic E-state index is 10.8. The average molecular weight is 269 g/mol. The van der Waals surface area contributed by atoms with Gasteiger partial charge in [-0.25, -0.2) is 0 Å². The van der Waals surface area contributed by atoms with Crippen molar-refractivity contribution in [3.8, 4) is 0 Å². The Hall–Kier alpha value is -0.910. The van der Waals surface area contributed by atoms with Gasteiger partial charge in [0.25, 0.3) is 10.1 Å². The second-order valence-corrected chi connectivity index (χ2v) is 6.27. The first-order chi connectivity index (χ1) is 8.56. The minimum absolute atomic E-state index is 0.192. The third-order valence-electron chi connectivity index (χ3n) is 3.16. The quantitative estimate of drug-likeness (QED) is 0.652. The summed E-state index contributed by atoms with van der Waals surface area (Å²) in [4.78, 5) is 0. The topological polar surface area (TPSA) is 55.4 Å². The molecule has 0 bridgehead atoms. The lowest BCUT2D eigenvalue weighted by Gasteiger charge is -2.26. The number of benzene rings is 1. The third kappa shape index (κ3) is 3.80. The summed E-state index contributed by atoms with van der Waals surface area (Å²) in [6.07, 6.45) is 4.47. The van der Waals surface area contributed by atoms with Crippen LogP contribution < -0.4 is 5.32 Å². The Balaban J connectivity index is 1.88. The van der Waals surface area contributed by atoms with Gasteiger partial charge in [0.1, 0.15) is 0 Å². The van der Waals surface area contributed by atoms with Crippen molar-refractivity contribution in [2.45, 2.75) is 25.3 Å². The van der Waals surface area contributed by atoms with Gasteiger partial charge in [-0.15, -0.1) is 0 Å². The van der Waals surface area contributed by atoms with E-state index in [-0.39, 0.29) is 6.61 Å². The number of hydrogen-bond donors (Lipinski definition) is 1. The second-order valence-electron chi connectivity index (χ2n) is 4.62. The molecule has 0 aliphatic heterocycles. The first kappa shape index (κ1) is 13.5. The van der Waals surface area contributed by atoms with Crippen molar-refractivity contribution in [1.29, 1.82) is 0 Å². The number of aryl methyl sites for hydroxylation is 1. The van der Waals surface area contributed by atoms with Crippen molar-refractivity contribution >= 4 is 10.1 Å². The van der Waals surface area contributed by atoms with Crippen molar-refractivity contribution in [2.75, 3.05) is 19.4 Å². The molecular weight excluding hydrogens is 250 g/mol. The van der Waals surface area contributed by atoms with E-state index in [1.54, 1.807) is 0 Å². The van der Waals surface area contributed by atoms with Gasteiger partial charge in [-0.2, -0.15) is 8.42 Å². The third-order valence-corrected chi connectivity index (χ3v) is 3.75. The van der Waals surface area contributed by atoms with Crippen LogP contribution in [0.2, 0.25) is 0 Å². The van der Waals surface area contributed by atoms with E-state index in [1.807, 2.05) is 6.07 Å². The van der Waals surface area contributed by atoms with Gasteiger partial charge in [0, 0.05) is 12.6 Å². The fraction of sp³-hybridized carbons (Fsp3) is 0.538. The van der Waals surface area contributed by atoms with Crippen LogP contribution in [0.5, 0.6) is 0 Å². The van der Waals surface area contributed by atoms with Gasteiger partial charge in [0.05, 0.1) is 12.9 Å². The molecule has 1 atom stereocenters. The van der Waals surface area contributed by atoms with Crippen molar-refractivity contribution in [3.63, 3.8) is 0 Å². The summed E-state index contributed by atoms with van der Waals surface area (Å²) in [5, 5.41) is 3.36. The molecule has 1 aromatic rings. The van der Waals surface area contributed by atoms with E-state index in [4.69, 9.17) is 4.18 Å². The standard InChI is InChI=1S/C13H19NO3S/c1-18(15,16)17-10-9-14-13-8-4-6-11-5-2-3-7-12(11)13/h2-3,5,7,13-14H,4,6,8-10H2,1H3. The van der Waals surface area contributed by atoms with Crippen molar-refractivity contribution in [3.05, 3.63) is 35.4 Å². The van der Waals surface area contributed by atoms with Crippen LogP contribution in [-0.4, -0.2) is 27.8 Å². The van der Waals surface area contributed by atoms with Gasteiger partial charge in [0.2, 0.25) is 0 Å². The fourth-order valence-corrected chi connectivity index (χ4v) is 2.78. The molecule has 0 saturated carbocycles. The fourth-order valence-electron chi connectivity index (χ4n) is 2.39. The Bertz CT molecular complexity index is 499. The SMILES string of the molecule is CS(=O)(=O)OCCNC1CCCc2ccccc21. The number of rotatable bonds is 5. The van der Waals surface area contributed by atoms with Crippen molar-refractivity contribution in [2.24, 2.45) is 0 Å². The maximum absolute atomic E-state index is 10.8. The van der Waals surface area contributed by atoms with Gasteiger partial charge in [0.15, 0.2) is 0 Å². The Kier molecular flexibility index (Phi) is 4.37. The van der Waals surface area contributed by atoms with Crippen LogP contribution in [0, 0.1) is 0 Å². The normalized spacial score (nSPS) is 19.5. The Morgan fingerprint density at radius 2 is 2.17 bits per heavy atom. The molecule has 2 rings (SSSR count). The molecule has 0 aromatic heterocycles. The van der Waals surface area contributed by atoms with E-state index in [0.29, 0.717) is 12.6 Å². The maximum Gasteiger partial charge on any atom is 0.264 e. The molecule has 1 aliphatic carbocycles. The van der Waals surface area contributed by atoms with E-state index < -0.39 is 10.1 Å². The second kappa shape index (κ2) is 5.82. The summed E-state index contributed by atoms with van der Waals surface area (Å²) in [6.45, 7) is 0.740. The molecule has 18 heavy (non-hydrogen) atoms. The molecule has 0 saturated heterocycles. The van der Waals surface area contributed by atoms with E-state index >= 15 is 0 Å². The molecule has 5 heteroatoms. The molecule has 4 nitrogen and oxygen atoms in total. The average Bonchev–Trinajstić information content (AvgIpc) is 2.33. The molecule has 0 heterocycles. The molecule has 1 unspecified atom stereocenters. The molecule has 1 N–H and O–H groups in total. The van der Waals surface area contributed by atoms with Crippen LogP contribution in [0.3, 0.4) is 0 Å². The van der Waals surface area contributed by atoms with Gasteiger partial charge in [-0.1, -0.05) is 24.3 Å². The highest BCUT2D eigenvalue weighted by Crippen LogP contribution is 2.29. The number of fused-ring (bicyclic) bond motifs is 1. The Morgan fingerprint density at radius 1 is 1.39 bits per heavy atom. The molecule has 0 spiro atoms. The lowest BCUT2D eigenvalue weighted by atomic mass is 9.88. The van der Waals surface area contributed by atoms with Gasteiger partial charge < -0.3 is 5.32 Å². The highest BCUT2D eigenvalue weighted by atomic mass is 32.2. The summed E-state index contributed by atoms with van der Waals surface area (Å²) < 4.78 is 26.4. The highest BCUT2D eigenvalue weighted by molar-refractivity contribution is 7.85. The van der Waals surface area contributed by atoms with Gasteiger partial charge in [-0.3, -0.25) is 4.18 Å². The highest BCUT2D eigenvalue weighted by Gasteiger charge is 2.18. The minimum atomic E-state index is -3.33.